The first-order valence-electron chi connectivity index (χ1n) is 7.29. The molecular weight excluding hydrogens is 224 g/mol. The van der Waals surface area contributed by atoms with Crippen molar-refractivity contribution in [2.24, 2.45) is 0 Å². The minimum Gasteiger partial charge on any atom is -0.481 e. The zero-order valence-corrected chi connectivity index (χ0v) is 11.7. The van der Waals surface area contributed by atoms with Crippen LogP contribution in [0.4, 0.5) is 0 Å². The molecule has 0 spiro atoms. The number of aliphatic carboxylic acids is 1. The number of rotatable bonds is 12. The number of carboxylic acids is 1. The fourth-order valence-corrected chi connectivity index (χ4v) is 1.70. The summed E-state index contributed by atoms with van der Waals surface area (Å²) >= 11 is 0. The van der Waals surface area contributed by atoms with Gasteiger partial charge in [-0.2, -0.15) is 0 Å². The first kappa shape index (κ1) is 16.9. The smallest absolute Gasteiger partial charge is 0.303 e. The normalized spacial score (nSPS) is 11.6. The summed E-state index contributed by atoms with van der Waals surface area (Å²) in [7, 11) is 0. The predicted octanol–water partition coefficient (Wildman–Crippen LogP) is 5.10. The molecule has 0 aliphatic heterocycles. The molecule has 0 saturated carbocycles. The van der Waals surface area contributed by atoms with E-state index in [9.17, 15) is 4.79 Å². The average molecular weight is 252 g/mol. The molecule has 0 amide bonds. The number of hydrogen-bond donors (Lipinski definition) is 1. The van der Waals surface area contributed by atoms with Crippen molar-refractivity contribution in [3.8, 4) is 0 Å². The molecule has 0 radical (unpaired) electrons. The van der Waals surface area contributed by atoms with Crippen LogP contribution in [0.15, 0.2) is 24.3 Å². The largest absolute Gasteiger partial charge is 0.481 e. The van der Waals surface area contributed by atoms with E-state index >= 15 is 0 Å². The van der Waals surface area contributed by atoms with Crippen LogP contribution in [-0.2, 0) is 4.79 Å². The second-order valence-corrected chi connectivity index (χ2v) is 4.66. The van der Waals surface area contributed by atoms with E-state index in [0.717, 1.165) is 38.5 Å². The predicted molar refractivity (Wildman–Crippen MR) is 77.8 cm³/mol. The van der Waals surface area contributed by atoms with Crippen LogP contribution < -0.4 is 0 Å². The van der Waals surface area contributed by atoms with E-state index in [2.05, 4.69) is 31.2 Å². The van der Waals surface area contributed by atoms with E-state index in [1.807, 2.05) is 0 Å². The molecule has 0 fully saturated rings. The van der Waals surface area contributed by atoms with E-state index in [4.69, 9.17) is 5.11 Å². The van der Waals surface area contributed by atoms with Crippen molar-refractivity contribution in [2.45, 2.75) is 71.1 Å². The Bertz CT molecular complexity index is 241. The van der Waals surface area contributed by atoms with Gasteiger partial charge < -0.3 is 5.11 Å². The van der Waals surface area contributed by atoms with Gasteiger partial charge in [-0.3, -0.25) is 4.79 Å². The molecule has 0 aliphatic rings. The van der Waals surface area contributed by atoms with Gasteiger partial charge in [-0.05, 0) is 38.5 Å². The molecule has 2 nitrogen and oxygen atoms in total. The Hall–Kier alpha value is -1.05. The van der Waals surface area contributed by atoms with E-state index in [-0.39, 0.29) is 0 Å². The number of carbonyl (C=O) groups is 1. The van der Waals surface area contributed by atoms with Crippen molar-refractivity contribution < 1.29 is 9.90 Å². The lowest BCUT2D eigenvalue weighted by atomic mass is 10.1. The summed E-state index contributed by atoms with van der Waals surface area (Å²) in [5, 5.41) is 8.47. The summed E-state index contributed by atoms with van der Waals surface area (Å²) in [5.41, 5.74) is 0. The molecule has 0 atom stereocenters. The third kappa shape index (κ3) is 14.9. The quantitative estimate of drug-likeness (QED) is 0.387. The van der Waals surface area contributed by atoms with Crippen molar-refractivity contribution in [1.29, 1.82) is 0 Å². The van der Waals surface area contributed by atoms with Gasteiger partial charge >= 0.3 is 5.97 Å². The summed E-state index contributed by atoms with van der Waals surface area (Å²) in [5.74, 6) is -0.680. The van der Waals surface area contributed by atoms with E-state index in [1.165, 1.54) is 19.3 Å². The van der Waals surface area contributed by atoms with Gasteiger partial charge in [-0.25, -0.2) is 0 Å². The SMILES string of the molecule is CCCC/C=C/CC/C=C\CCCCCC(=O)O. The fraction of sp³-hybridized carbons (Fsp3) is 0.688. The van der Waals surface area contributed by atoms with Gasteiger partial charge in [0.15, 0.2) is 0 Å². The Balaban J connectivity index is 3.18. The van der Waals surface area contributed by atoms with Gasteiger partial charge in [0.1, 0.15) is 0 Å². The van der Waals surface area contributed by atoms with E-state index in [1.54, 1.807) is 0 Å². The standard InChI is InChI=1S/C16H28O2/c1-2-3-4-5-6-7-8-9-10-11-12-13-14-15-16(17)18/h5-6,9-10H,2-4,7-8,11-15H2,1H3,(H,17,18)/b6-5+,10-9-. The van der Waals surface area contributed by atoms with Crippen molar-refractivity contribution >= 4 is 5.97 Å². The third-order valence-electron chi connectivity index (χ3n) is 2.82. The first-order valence-corrected chi connectivity index (χ1v) is 7.29. The van der Waals surface area contributed by atoms with Crippen LogP contribution in [-0.4, -0.2) is 11.1 Å². The highest BCUT2D eigenvalue weighted by molar-refractivity contribution is 5.66. The molecule has 0 aliphatic carbocycles. The topological polar surface area (TPSA) is 37.3 Å². The minimum absolute atomic E-state index is 0.312. The highest BCUT2D eigenvalue weighted by atomic mass is 16.4. The Labute approximate surface area is 112 Å². The molecule has 0 aromatic rings. The molecule has 2 heteroatoms. The van der Waals surface area contributed by atoms with Gasteiger partial charge in [0.2, 0.25) is 0 Å². The number of allylic oxidation sites excluding steroid dienone is 4. The molecule has 0 unspecified atom stereocenters. The Kier molecular flexibility index (Phi) is 13.2. The molecule has 104 valence electrons. The zero-order valence-electron chi connectivity index (χ0n) is 11.7. The zero-order chi connectivity index (χ0) is 13.5. The maximum absolute atomic E-state index is 10.3. The second kappa shape index (κ2) is 14.0. The van der Waals surface area contributed by atoms with Gasteiger partial charge in [0, 0.05) is 6.42 Å². The molecule has 0 bridgehead atoms. The van der Waals surface area contributed by atoms with Crippen LogP contribution in [0.25, 0.3) is 0 Å². The van der Waals surface area contributed by atoms with Crippen LogP contribution in [0, 0.1) is 0 Å². The van der Waals surface area contributed by atoms with Gasteiger partial charge in [0.25, 0.3) is 0 Å². The number of hydrogen-bond acceptors (Lipinski definition) is 1. The molecular formula is C16H28O2. The van der Waals surface area contributed by atoms with Gasteiger partial charge in [0.05, 0.1) is 0 Å². The summed E-state index contributed by atoms with van der Waals surface area (Å²) in [4.78, 5) is 10.3. The summed E-state index contributed by atoms with van der Waals surface area (Å²) in [6.07, 6.45) is 19.4. The second-order valence-electron chi connectivity index (χ2n) is 4.66. The number of unbranched alkanes of at least 4 members (excludes halogenated alkanes) is 6. The Morgan fingerprint density at radius 3 is 1.94 bits per heavy atom. The van der Waals surface area contributed by atoms with E-state index < -0.39 is 5.97 Å². The monoisotopic (exact) mass is 252 g/mol. The van der Waals surface area contributed by atoms with Crippen LogP contribution in [0.3, 0.4) is 0 Å². The van der Waals surface area contributed by atoms with Gasteiger partial charge in [-0.1, -0.05) is 50.5 Å². The molecule has 0 rings (SSSR count). The summed E-state index contributed by atoms with van der Waals surface area (Å²) in [6.45, 7) is 2.22. The van der Waals surface area contributed by atoms with Crippen LogP contribution in [0.2, 0.25) is 0 Å². The van der Waals surface area contributed by atoms with Crippen LogP contribution in [0.1, 0.15) is 71.1 Å². The Morgan fingerprint density at radius 1 is 0.833 bits per heavy atom. The van der Waals surface area contributed by atoms with Gasteiger partial charge in [-0.15, -0.1) is 0 Å². The lowest BCUT2D eigenvalue weighted by Crippen LogP contribution is -1.93. The summed E-state index contributed by atoms with van der Waals surface area (Å²) in [6, 6.07) is 0. The molecule has 18 heavy (non-hydrogen) atoms. The maximum Gasteiger partial charge on any atom is 0.303 e. The molecule has 0 aromatic heterocycles. The Morgan fingerprint density at radius 2 is 1.39 bits per heavy atom. The fourth-order valence-electron chi connectivity index (χ4n) is 1.70. The van der Waals surface area contributed by atoms with Crippen LogP contribution in [0.5, 0.6) is 0 Å². The molecule has 0 aromatic carbocycles. The third-order valence-corrected chi connectivity index (χ3v) is 2.82. The average Bonchev–Trinajstić information content (AvgIpc) is 2.34. The van der Waals surface area contributed by atoms with Crippen molar-refractivity contribution in [1.82, 2.24) is 0 Å². The lowest BCUT2D eigenvalue weighted by Gasteiger charge is -1.95. The van der Waals surface area contributed by atoms with Crippen molar-refractivity contribution in [2.75, 3.05) is 0 Å². The van der Waals surface area contributed by atoms with Crippen molar-refractivity contribution in [3.05, 3.63) is 24.3 Å². The summed E-state index contributed by atoms with van der Waals surface area (Å²) < 4.78 is 0. The highest BCUT2D eigenvalue weighted by Crippen LogP contribution is 2.05. The van der Waals surface area contributed by atoms with Crippen LogP contribution >= 0.6 is 0 Å². The lowest BCUT2D eigenvalue weighted by molar-refractivity contribution is -0.137. The molecule has 0 saturated heterocycles. The van der Waals surface area contributed by atoms with E-state index in [0.29, 0.717) is 6.42 Å². The minimum atomic E-state index is -0.680. The number of carboxylic acid groups (broad SMARTS) is 1. The molecule has 0 heterocycles. The molecule has 1 N–H and O–H groups in total. The van der Waals surface area contributed by atoms with Crippen molar-refractivity contribution in [3.63, 3.8) is 0 Å². The maximum atomic E-state index is 10.3. The highest BCUT2D eigenvalue weighted by Gasteiger charge is 1.94. The first-order chi connectivity index (χ1) is 8.77.